The van der Waals surface area contributed by atoms with E-state index >= 15 is 0 Å². The molecule has 0 saturated carbocycles. The lowest BCUT2D eigenvalue weighted by molar-refractivity contribution is -0.136. The maximum Gasteiger partial charge on any atom is 0.317 e. The lowest BCUT2D eigenvalue weighted by Gasteiger charge is -2.26. The molecule has 4 heteroatoms. The van der Waals surface area contributed by atoms with Crippen molar-refractivity contribution in [2.24, 2.45) is 0 Å². The lowest BCUT2D eigenvalue weighted by Crippen LogP contribution is -2.29. The van der Waals surface area contributed by atoms with Crippen LogP contribution in [0.3, 0.4) is 0 Å². The van der Waals surface area contributed by atoms with Gasteiger partial charge in [-0.25, -0.2) is 0 Å². The van der Waals surface area contributed by atoms with Crippen molar-refractivity contribution in [2.75, 3.05) is 6.54 Å². The van der Waals surface area contributed by atoms with Crippen LogP contribution in [-0.2, 0) is 11.2 Å². The number of fused-ring (bicyclic) bond motifs is 1. The second-order valence-electron chi connectivity index (χ2n) is 4.10. The molecule has 0 spiro atoms. The molecule has 0 heterocycles. The fraction of sp³-hybridized carbons (Fsp3) is 0.417. The normalized spacial score (nSPS) is 19.1. The highest BCUT2D eigenvalue weighted by Crippen LogP contribution is 2.31. The van der Waals surface area contributed by atoms with E-state index in [9.17, 15) is 9.90 Å². The summed E-state index contributed by atoms with van der Waals surface area (Å²) in [6.45, 7) is -0.0228. The molecule has 3 N–H and O–H groups in total. The Hall–Kier alpha value is -1.55. The molecule has 0 radical (unpaired) electrons. The molecule has 1 aromatic carbocycles. The quantitative estimate of drug-likeness (QED) is 0.722. The van der Waals surface area contributed by atoms with E-state index in [-0.39, 0.29) is 18.3 Å². The first-order chi connectivity index (χ1) is 7.66. The first-order valence-electron chi connectivity index (χ1n) is 5.44. The Kier molecular flexibility index (Phi) is 3.10. The van der Waals surface area contributed by atoms with Crippen molar-refractivity contribution in [3.05, 3.63) is 29.3 Å². The van der Waals surface area contributed by atoms with E-state index in [4.69, 9.17) is 5.11 Å². The highest BCUT2D eigenvalue weighted by molar-refractivity contribution is 5.69. The van der Waals surface area contributed by atoms with Crippen molar-refractivity contribution in [1.82, 2.24) is 5.32 Å². The number of phenolic OH excluding ortho intramolecular Hbond substituents is 1. The third-order valence-electron chi connectivity index (χ3n) is 2.94. The summed E-state index contributed by atoms with van der Waals surface area (Å²) in [6, 6.07) is 5.40. The zero-order chi connectivity index (χ0) is 11.5. The Morgan fingerprint density at radius 1 is 1.50 bits per heavy atom. The van der Waals surface area contributed by atoms with Crippen LogP contribution in [0.5, 0.6) is 5.75 Å². The van der Waals surface area contributed by atoms with Gasteiger partial charge in [-0.2, -0.15) is 0 Å². The van der Waals surface area contributed by atoms with Crippen molar-refractivity contribution in [1.29, 1.82) is 0 Å². The molecule has 0 bridgehead atoms. The molecule has 2 rings (SSSR count). The second-order valence-corrected chi connectivity index (χ2v) is 4.10. The van der Waals surface area contributed by atoms with E-state index < -0.39 is 5.97 Å². The summed E-state index contributed by atoms with van der Waals surface area (Å²) in [5.74, 6) is -0.566. The fourth-order valence-electron chi connectivity index (χ4n) is 2.22. The van der Waals surface area contributed by atoms with Crippen molar-refractivity contribution >= 4 is 5.97 Å². The predicted octanol–water partition coefficient (Wildman–Crippen LogP) is 1.44. The number of hydrogen-bond acceptors (Lipinski definition) is 3. The Balaban J connectivity index is 2.16. The van der Waals surface area contributed by atoms with Gasteiger partial charge in [-0.15, -0.1) is 0 Å². The molecular weight excluding hydrogens is 206 g/mol. The molecule has 4 nitrogen and oxygen atoms in total. The summed E-state index contributed by atoms with van der Waals surface area (Å²) in [5.41, 5.74) is 2.24. The smallest absolute Gasteiger partial charge is 0.317 e. The van der Waals surface area contributed by atoms with Crippen LogP contribution in [0.15, 0.2) is 18.2 Å². The third kappa shape index (κ3) is 2.33. The lowest BCUT2D eigenvalue weighted by atomic mass is 9.87. The number of phenols is 1. The fourth-order valence-corrected chi connectivity index (χ4v) is 2.22. The van der Waals surface area contributed by atoms with Gasteiger partial charge in [0, 0.05) is 6.04 Å². The van der Waals surface area contributed by atoms with Gasteiger partial charge in [0.25, 0.3) is 0 Å². The zero-order valence-electron chi connectivity index (χ0n) is 8.94. The maximum atomic E-state index is 10.5. The van der Waals surface area contributed by atoms with Gasteiger partial charge < -0.3 is 15.5 Å². The SMILES string of the molecule is O=C(O)CNC1CCCc2cc(O)ccc21. The number of aryl methyl sites for hydroxylation is 1. The molecule has 0 amide bonds. The number of carboxylic acid groups (broad SMARTS) is 1. The average molecular weight is 221 g/mol. The van der Waals surface area contributed by atoms with E-state index in [2.05, 4.69) is 5.32 Å². The van der Waals surface area contributed by atoms with E-state index in [1.54, 1.807) is 12.1 Å². The van der Waals surface area contributed by atoms with Crippen molar-refractivity contribution < 1.29 is 15.0 Å². The highest BCUT2D eigenvalue weighted by atomic mass is 16.4. The Labute approximate surface area is 93.9 Å². The maximum absolute atomic E-state index is 10.5. The van der Waals surface area contributed by atoms with Gasteiger partial charge in [0.1, 0.15) is 5.75 Å². The molecule has 1 aliphatic carbocycles. The number of carboxylic acids is 1. The first kappa shape index (κ1) is 11.0. The van der Waals surface area contributed by atoms with Gasteiger partial charge in [-0.3, -0.25) is 4.79 Å². The van der Waals surface area contributed by atoms with Crippen molar-refractivity contribution in [3.8, 4) is 5.75 Å². The molecule has 16 heavy (non-hydrogen) atoms. The first-order valence-corrected chi connectivity index (χ1v) is 5.44. The summed E-state index contributed by atoms with van der Waals surface area (Å²) in [7, 11) is 0. The van der Waals surface area contributed by atoms with E-state index in [0.717, 1.165) is 30.4 Å². The number of carbonyl (C=O) groups is 1. The molecule has 0 aliphatic heterocycles. The molecule has 86 valence electrons. The largest absolute Gasteiger partial charge is 0.508 e. The van der Waals surface area contributed by atoms with Gasteiger partial charge in [-0.1, -0.05) is 6.07 Å². The third-order valence-corrected chi connectivity index (χ3v) is 2.94. The molecule has 0 saturated heterocycles. The standard InChI is InChI=1S/C12H15NO3/c14-9-4-5-10-8(6-9)2-1-3-11(10)13-7-12(15)16/h4-6,11,13-14H,1-3,7H2,(H,15,16). The van der Waals surface area contributed by atoms with Crippen LogP contribution in [0, 0.1) is 0 Å². The molecule has 1 aromatic rings. The van der Waals surface area contributed by atoms with Gasteiger partial charge in [-0.05, 0) is 42.5 Å². The average Bonchev–Trinajstić information content (AvgIpc) is 2.25. The number of benzene rings is 1. The van der Waals surface area contributed by atoms with Crippen LogP contribution in [-0.4, -0.2) is 22.7 Å². The summed E-state index contributed by atoms with van der Waals surface area (Å²) in [6.07, 6.45) is 2.92. The minimum atomic E-state index is -0.842. The van der Waals surface area contributed by atoms with Gasteiger partial charge >= 0.3 is 5.97 Å². The predicted molar refractivity (Wildman–Crippen MR) is 59.4 cm³/mol. The molecule has 0 aromatic heterocycles. The topological polar surface area (TPSA) is 69.6 Å². The van der Waals surface area contributed by atoms with Crippen LogP contribution in [0.4, 0.5) is 0 Å². The summed E-state index contributed by atoms with van der Waals surface area (Å²) in [5, 5.41) is 21.0. The van der Waals surface area contributed by atoms with E-state index in [1.807, 2.05) is 6.07 Å². The zero-order valence-corrected chi connectivity index (χ0v) is 8.94. The minimum absolute atomic E-state index is 0.0228. The minimum Gasteiger partial charge on any atom is -0.508 e. The van der Waals surface area contributed by atoms with E-state index in [1.165, 1.54) is 0 Å². The van der Waals surface area contributed by atoms with Crippen LogP contribution >= 0.6 is 0 Å². The van der Waals surface area contributed by atoms with Crippen molar-refractivity contribution in [3.63, 3.8) is 0 Å². The summed E-state index contributed by atoms with van der Waals surface area (Å²) >= 11 is 0. The Morgan fingerprint density at radius 2 is 2.31 bits per heavy atom. The molecule has 1 aliphatic rings. The molecule has 1 atom stereocenters. The molecular formula is C12H15NO3. The number of rotatable bonds is 3. The summed E-state index contributed by atoms with van der Waals surface area (Å²) in [4.78, 5) is 10.5. The number of aromatic hydroxyl groups is 1. The number of hydrogen-bond donors (Lipinski definition) is 3. The van der Waals surface area contributed by atoms with Gasteiger partial charge in [0.05, 0.1) is 6.54 Å². The number of nitrogens with one attached hydrogen (secondary N) is 1. The summed E-state index contributed by atoms with van der Waals surface area (Å²) < 4.78 is 0. The Morgan fingerprint density at radius 3 is 3.06 bits per heavy atom. The van der Waals surface area contributed by atoms with Crippen LogP contribution in [0.2, 0.25) is 0 Å². The van der Waals surface area contributed by atoms with Crippen molar-refractivity contribution in [2.45, 2.75) is 25.3 Å². The second kappa shape index (κ2) is 4.53. The van der Waals surface area contributed by atoms with E-state index in [0.29, 0.717) is 0 Å². The monoisotopic (exact) mass is 221 g/mol. The van der Waals surface area contributed by atoms with Gasteiger partial charge in [0.15, 0.2) is 0 Å². The van der Waals surface area contributed by atoms with Crippen LogP contribution in [0.25, 0.3) is 0 Å². The number of aliphatic carboxylic acids is 1. The van der Waals surface area contributed by atoms with Crippen LogP contribution in [0.1, 0.15) is 30.0 Å². The Bertz CT molecular complexity index is 403. The molecule has 0 fully saturated rings. The highest BCUT2D eigenvalue weighted by Gasteiger charge is 2.20. The van der Waals surface area contributed by atoms with Crippen LogP contribution < -0.4 is 5.32 Å². The molecule has 1 unspecified atom stereocenters. The van der Waals surface area contributed by atoms with Gasteiger partial charge in [0.2, 0.25) is 0 Å².